The second-order valence-corrected chi connectivity index (χ2v) is 6.54. The summed E-state index contributed by atoms with van der Waals surface area (Å²) in [5.74, 6) is -1.01. The van der Waals surface area contributed by atoms with Crippen LogP contribution < -0.4 is 11.1 Å². The third-order valence-electron chi connectivity index (χ3n) is 4.45. The number of oxazole rings is 1. The number of rotatable bonds is 5. The minimum atomic E-state index is -4.61. The first kappa shape index (κ1) is 19.7. The summed E-state index contributed by atoms with van der Waals surface area (Å²) < 4.78 is 43.1. The lowest BCUT2D eigenvalue weighted by atomic mass is 9.84. The topological polar surface area (TPSA) is 129 Å². The van der Waals surface area contributed by atoms with Crippen LogP contribution in [0.4, 0.5) is 19.2 Å². The first-order valence-corrected chi connectivity index (χ1v) is 8.49. The number of anilines is 1. The third kappa shape index (κ3) is 4.28. The normalized spacial score (nSPS) is 18.6. The molecule has 1 aliphatic carbocycles. The molecule has 1 amide bonds. The van der Waals surface area contributed by atoms with Gasteiger partial charge < -0.3 is 21.0 Å². The van der Waals surface area contributed by atoms with Crippen molar-refractivity contribution in [3.63, 3.8) is 0 Å². The van der Waals surface area contributed by atoms with Gasteiger partial charge in [0.25, 0.3) is 0 Å². The second kappa shape index (κ2) is 7.55. The first-order chi connectivity index (χ1) is 13.1. The summed E-state index contributed by atoms with van der Waals surface area (Å²) in [4.78, 5) is 16.6. The van der Waals surface area contributed by atoms with Gasteiger partial charge in [0.2, 0.25) is 5.91 Å². The van der Waals surface area contributed by atoms with Gasteiger partial charge in [-0.25, -0.2) is 0 Å². The van der Waals surface area contributed by atoms with Gasteiger partial charge in [-0.05, 0) is 18.6 Å². The number of amides is 1. The minimum absolute atomic E-state index is 0.00152. The second-order valence-electron chi connectivity index (χ2n) is 6.54. The number of nitrogens with zero attached hydrogens (tertiary/aromatic N) is 1. The van der Waals surface area contributed by atoms with Gasteiger partial charge in [-0.15, -0.1) is 0 Å². The molecule has 0 saturated heterocycles. The molecule has 10 heteroatoms. The van der Waals surface area contributed by atoms with E-state index in [1.807, 2.05) is 0 Å². The molecular formula is C18H18F3N5O2. The Kier molecular flexibility index (Phi) is 5.32. The Bertz CT molecular complexity index is 931. The number of halogens is 3. The Morgan fingerprint density at radius 3 is 2.75 bits per heavy atom. The number of hydrogen-bond acceptors (Lipinski definition) is 6. The van der Waals surface area contributed by atoms with Gasteiger partial charge in [0.05, 0.1) is 0 Å². The van der Waals surface area contributed by atoms with Gasteiger partial charge in [0.15, 0.2) is 5.58 Å². The molecule has 2 atom stereocenters. The average molecular weight is 393 g/mol. The fourth-order valence-corrected chi connectivity index (χ4v) is 2.91. The molecule has 148 valence electrons. The summed E-state index contributed by atoms with van der Waals surface area (Å²) in [6.45, 7) is 0. The molecule has 2 aromatic rings. The highest BCUT2D eigenvalue weighted by molar-refractivity contribution is 6.23. The van der Waals surface area contributed by atoms with E-state index in [1.54, 1.807) is 24.3 Å². The zero-order valence-electron chi connectivity index (χ0n) is 14.6. The fourth-order valence-electron chi connectivity index (χ4n) is 2.91. The maximum Gasteiger partial charge on any atom is 0.404 e. The van der Waals surface area contributed by atoms with Crippen molar-refractivity contribution in [1.29, 1.82) is 10.8 Å². The van der Waals surface area contributed by atoms with Crippen LogP contribution in [0.1, 0.15) is 19.3 Å². The number of allylic oxidation sites excluding steroid dienone is 2. The van der Waals surface area contributed by atoms with Crippen molar-refractivity contribution in [2.75, 3.05) is 5.32 Å². The highest BCUT2D eigenvalue weighted by Gasteiger charge is 2.38. The molecule has 1 aliphatic rings. The molecule has 1 heterocycles. The quantitative estimate of drug-likeness (QED) is 0.580. The zero-order chi connectivity index (χ0) is 20.5. The Labute approximate surface area is 157 Å². The Hall–Kier alpha value is -3.01. The highest BCUT2D eigenvalue weighted by Crippen LogP contribution is 2.27. The van der Waals surface area contributed by atoms with Crippen molar-refractivity contribution in [3.8, 4) is 0 Å². The van der Waals surface area contributed by atoms with Crippen molar-refractivity contribution in [2.45, 2.75) is 31.5 Å². The maximum atomic E-state index is 12.6. The SMILES string of the molecule is N=C1CC(C(=O)Nc2nc3ccccc3o2)CC=C1C(=N)CC(N)C(F)(F)F. The van der Waals surface area contributed by atoms with Crippen LogP contribution in [0.15, 0.2) is 40.3 Å². The number of carbonyl (C=O) groups is 1. The molecule has 2 unspecified atom stereocenters. The lowest BCUT2D eigenvalue weighted by molar-refractivity contribution is -0.145. The van der Waals surface area contributed by atoms with Gasteiger partial charge >= 0.3 is 12.2 Å². The van der Waals surface area contributed by atoms with Gasteiger partial charge in [-0.1, -0.05) is 18.2 Å². The number of para-hydroxylation sites is 2. The molecular weight excluding hydrogens is 375 g/mol. The predicted molar refractivity (Wildman–Crippen MR) is 97.5 cm³/mol. The largest absolute Gasteiger partial charge is 0.423 e. The van der Waals surface area contributed by atoms with Gasteiger partial charge in [0.1, 0.15) is 11.6 Å². The summed E-state index contributed by atoms with van der Waals surface area (Å²) in [6.07, 6.45) is -3.69. The van der Waals surface area contributed by atoms with Gasteiger partial charge in [-0.3, -0.25) is 10.1 Å². The molecule has 7 nitrogen and oxygen atoms in total. The number of fused-ring (bicyclic) bond motifs is 1. The lowest BCUT2D eigenvalue weighted by Gasteiger charge is -2.23. The summed E-state index contributed by atoms with van der Waals surface area (Å²) in [6, 6.07) is 4.88. The number of alkyl halides is 3. The van der Waals surface area contributed by atoms with Crippen LogP contribution in [-0.4, -0.2) is 34.5 Å². The fraction of sp³-hybridized carbons (Fsp3) is 0.333. The number of benzene rings is 1. The van der Waals surface area contributed by atoms with E-state index in [1.165, 1.54) is 6.08 Å². The number of hydrogen-bond donors (Lipinski definition) is 4. The Morgan fingerprint density at radius 2 is 2.11 bits per heavy atom. The number of nitrogens with one attached hydrogen (secondary N) is 3. The van der Waals surface area contributed by atoms with Gasteiger partial charge in [0, 0.05) is 35.8 Å². The van der Waals surface area contributed by atoms with E-state index in [0.29, 0.717) is 11.1 Å². The van der Waals surface area contributed by atoms with Crippen LogP contribution in [-0.2, 0) is 4.79 Å². The van der Waals surface area contributed by atoms with Crippen molar-refractivity contribution >= 4 is 34.4 Å². The molecule has 5 N–H and O–H groups in total. The van der Waals surface area contributed by atoms with E-state index < -0.39 is 30.5 Å². The molecule has 1 aromatic carbocycles. The van der Waals surface area contributed by atoms with E-state index in [4.69, 9.17) is 21.0 Å². The summed E-state index contributed by atoms with van der Waals surface area (Å²) >= 11 is 0. The van der Waals surface area contributed by atoms with Crippen molar-refractivity contribution in [2.24, 2.45) is 11.7 Å². The molecule has 3 rings (SSSR count). The van der Waals surface area contributed by atoms with Gasteiger partial charge in [-0.2, -0.15) is 18.2 Å². The number of nitrogens with two attached hydrogens (primary N) is 1. The highest BCUT2D eigenvalue weighted by atomic mass is 19.4. The third-order valence-corrected chi connectivity index (χ3v) is 4.45. The van der Waals surface area contributed by atoms with Crippen LogP contribution in [0, 0.1) is 16.7 Å². The maximum absolute atomic E-state index is 12.6. The first-order valence-electron chi connectivity index (χ1n) is 8.49. The minimum Gasteiger partial charge on any atom is -0.423 e. The molecule has 0 saturated carbocycles. The summed E-state index contributed by atoms with van der Waals surface area (Å²) in [7, 11) is 0. The van der Waals surface area contributed by atoms with E-state index in [-0.39, 0.29) is 35.9 Å². The van der Waals surface area contributed by atoms with E-state index in [9.17, 15) is 18.0 Å². The summed E-state index contributed by atoms with van der Waals surface area (Å²) in [5.41, 5.74) is 5.84. The smallest absolute Gasteiger partial charge is 0.404 e. The molecule has 0 radical (unpaired) electrons. The van der Waals surface area contributed by atoms with Crippen molar-refractivity contribution in [3.05, 3.63) is 35.9 Å². The lowest BCUT2D eigenvalue weighted by Crippen LogP contribution is -2.40. The Morgan fingerprint density at radius 1 is 1.39 bits per heavy atom. The van der Waals surface area contributed by atoms with Crippen LogP contribution in [0.2, 0.25) is 0 Å². The molecule has 28 heavy (non-hydrogen) atoms. The number of carbonyl (C=O) groups excluding carboxylic acids is 1. The monoisotopic (exact) mass is 393 g/mol. The number of aromatic nitrogens is 1. The summed E-state index contributed by atoms with van der Waals surface area (Å²) in [5, 5.41) is 18.4. The van der Waals surface area contributed by atoms with Crippen molar-refractivity contribution < 1.29 is 22.4 Å². The molecule has 0 bridgehead atoms. The zero-order valence-corrected chi connectivity index (χ0v) is 14.6. The molecule has 0 aliphatic heterocycles. The van der Waals surface area contributed by atoms with Crippen LogP contribution in [0.5, 0.6) is 0 Å². The predicted octanol–water partition coefficient (Wildman–Crippen LogP) is 3.42. The van der Waals surface area contributed by atoms with E-state index in [2.05, 4.69) is 10.3 Å². The molecule has 0 fully saturated rings. The van der Waals surface area contributed by atoms with E-state index >= 15 is 0 Å². The molecule has 0 spiro atoms. The van der Waals surface area contributed by atoms with E-state index in [0.717, 1.165) is 0 Å². The molecule has 1 aromatic heterocycles. The average Bonchev–Trinajstić information content (AvgIpc) is 3.02. The van der Waals surface area contributed by atoms with Crippen LogP contribution >= 0.6 is 0 Å². The van der Waals surface area contributed by atoms with Crippen LogP contribution in [0.3, 0.4) is 0 Å². The Balaban J connectivity index is 1.64. The van der Waals surface area contributed by atoms with Crippen molar-refractivity contribution in [1.82, 2.24) is 4.98 Å². The standard InChI is InChI=1S/C18H18F3N5O2/c19-18(20,21)15(24)8-12(23)10-6-5-9(7-11(10)22)16(27)26-17-25-13-3-1-2-4-14(13)28-17/h1-4,6,9,15,22-23H,5,7-8,24H2,(H,25,26,27). The van der Waals surface area contributed by atoms with Crippen LogP contribution in [0.25, 0.3) is 11.1 Å².